The number of benzene rings is 1. The fraction of sp³-hybridized carbons (Fsp3) is 0.650. The van der Waals surface area contributed by atoms with E-state index >= 15 is 0 Å². The van der Waals surface area contributed by atoms with Crippen molar-refractivity contribution in [2.24, 2.45) is 0 Å². The summed E-state index contributed by atoms with van der Waals surface area (Å²) >= 11 is 0. The Morgan fingerprint density at radius 3 is 2.04 bits per heavy atom. The van der Waals surface area contributed by atoms with E-state index < -0.39 is 10.0 Å². The van der Waals surface area contributed by atoms with Gasteiger partial charge in [0, 0.05) is 31.7 Å². The Bertz CT molecular complexity index is 674. The SMILES string of the molecule is CCCN(CCC)C(=O)c1ccc(S(=O)(=O)N(C)C2CCCCC2)cc1. The lowest BCUT2D eigenvalue weighted by Gasteiger charge is -2.30. The van der Waals surface area contributed by atoms with E-state index in [1.165, 1.54) is 10.7 Å². The molecule has 1 saturated carbocycles. The second-order valence-corrected chi connectivity index (χ2v) is 9.13. The van der Waals surface area contributed by atoms with Gasteiger partial charge in [-0.15, -0.1) is 0 Å². The maximum atomic E-state index is 12.9. The van der Waals surface area contributed by atoms with Crippen LogP contribution < -0.4 is 0 Å². The first-order chi connectivity index (χ1) is 12.4. The minimum Gasteiger partial charge on any atom is -0.339 e. The lowest BCUT2D eigenvalue weighted by molar-refractivity contribution is 0.0755. The zero-order chi connectivity index (χ0) is 19.2. The molecule has 0 spiro atoms. The van der Waals surface area contributed by atoms with Crippen LogP contribution in [0, 0.1) is 0 Å². The first-order valence-electron chi connectivity index (χ1n) is 9.79. The summed E-state index contributed by atoms with van der Waals surface area (Å²) < 4.78 is 27.3. The molecule has 2 rings (SSSR count). The third kappa shape index (κ3) is 4.86. The molecule has 26 heavy (non-hydrogen) atoms. The third-order valence-corrected chi connectivity index (χ3v) is 7.07. The van der Waals surface area contributed by atoms with Crippen LogP contribution in [0.4, 0.5) is 0 Å². The van der Waals surface area contributed by atoms with Crippen LogP contribution in [0.3, 0.4) is 0 Å². The Kier molecular flexibility index (Phi) is 7.65. The number of carbonyl (C=O) groups is 1. The number of carbonyl (C=O) groups excluding carboxylic acids is 1. The molecular formula is C20H32N2O3S. The van der Waals surface area contributed by atoms with Gasteiger partial charge in [0.05, 0.1) is 4.90 Å². The summed E-state index contributed by atoms with van der Waals surface area (Å²) in [5.74, 6) is -0.0294. The number of nitrogens with zero attached hydrogens (tertiary/aromatic N) is 2. The highest BCUT2D eigenvalue weighted by molar-refractivity contribution is 7.89. The largest absolute Gasteiger partial charge is 0.339 e. The van der Waals surface area contributed by atoms with Crippen LogP contribution >= 0.6 is 0 Å². The highest BCUT2D eigenvalue weighted by Gasteiger charge is 2.29. The van der Waals surface area contributed by atoms with E-state index in [4.69, 9.17) is 0 Å². The van der Waals surface area contributed by atoms with Crippen LogP contribution in [0.5, 0.6) is 0 Å². The van der Waals surface area contributed by atoms with Crippen molar-refractivity contribution >= 4 is 15.9 Å². The average molecular weight is 381 g/mol. The highest BCUT2D eigenvalue weighted by Crippen LogP contribution is 2.26. The lowest BCUT2D eigenvalue weighted by Crippen LogP contribution is -2.38. The van der Waals surface area contributed by atoms with Gasteiger partial charge in [-0.3, -0.25) is 4.79 Å². The van der Waals surface area contributed by atoms with Crippen LogP contribution in [0.15, 0.2) is 29.2 Å². The summed E-state index contributed by atoms with van der Waals surface area (Å²) in [6, 6.07) is 6.50. The van der Waals surface area contributed by atoms with Gasteiger partial charge >= 0.3 is 0 Å². The van der Waals surface area contributed by atoms with Gasteiger partial charge in [-0.1, -0.05) is 33.1 Å². The molecule has 0 atom stereocenters. The predicted octanol–water partition coefficient (Wildman–Crippen LogP) is 3.90. The number of sulfonamides is 1. The molecule has 1 aliphatic rings. The van der Waals surface area contributed by atoms with Gasteiger partial charge < -0.3 is 4.90 Å². The Morgan fingerprint density at radius 1 is 1.00 bits per heavy atom. The molecule has 6 heteroatoms. The highest BCUT2D eigenvalue weighted by atomic mass is 32.2. The second-order valence-electron chi connectivity index (χ2n) is 7.13. The molecule has 5 nitrogen and oxygen atoms in total. The van der Waals surface area contributed by atoms with Gasteiger partial charge in [-0.25, -0.2) is 8.42 Å². The molecule has 0 N–H and O–H groups in total. The molecule has 0 unspecified atom stereocenters. The maximum Gasteiger partial charge on any atom is 0.253 e. The molecule has 0 bridgehead atoms. The molecule has 0 radical (unpaired) electrons. The minimum atomic E-state index is -3.51. The molecule has 0 aliphatic heterocycles. The van der Waals surface area contributed by atoms with Crippen LogP contribution in [0.1, 0.15) is 69.2 Å². The average Bonchev–Trinajstić information content (AvgIpc) is 2.67. The number of rotatable bonds is 8. The standard InChI is InChI=1S/C20H32N2O3S/c1-4-15-22(16-5-2)20(23)17-11-13-19(14-12-17)26(24,25)21(3)18-9-7-6-8-10-18/h11-14,18H,4-10,15-16H2,1-3H3. The van der Waals surface area contributed by atoms with E-state index in [1.54, 1.807) is 31.3 Å². The summed E-state index contributed by atoms with van der Waals surface area (Å²) in [5.41, 5.74) is 0.547. The zero-order valence-corrected chi connectivity index (χ0v) is 17.1. The van der Waals surface area contributed by atoms with Crippen LogP contribution in [0.2, 0.25) is 0 Å². The molecule has 1 aromatic rings. The summed E-state index contributed by atoms with van der Waals surface area (Å²) in [4.78, 5) is 14.7. The molecule has 1 amide bonds. The normalized spacial score (nSPS) is 16.0. The molecule has 146 valence electrons. The fourth-order valence-corrected chi connectivity index (χ4v) is 5.03. The summed E-state index contributed by atoms with van der Waals surface area (Å²) in [5, 5.41) is 0. The second kappa shape index (κ2) is 9.51. The maximum absolute atomic E-state index is 12.9. The molecule has 0 heterocycles. The Labute approximate surface area is 158 Å². The van der Waals surface area contributed by atoms with E-state index in [0.29, 0.717) is 5.56 Å². The molecule has 0 aromatic heterocycles. The van der Waals surface area contributed by atoms with E-state index in [9.17, 15) is 13.2 Å². The quantitative estimate of drug-likeness (QED) is 0.687. The van der Waals surface area contributed by atoms with Crippen molar-refractivity contribution in [3.05, 3.63) is 29.8 Å². The van der Waals surface area contributed by atoms with Crippen LogP contribution in [0.25, 0.3) is 0 Å². The van der Waals surface area contributed by atoms with Crippen molar-refractivity contribution in [3.8, 4) is 0 Å². The first-order valence-corrected chi connectivity index (χ1v) is 11.2. The molecule has 1 aliphatic carbocycles. The molecule has 0 saturated heterocycles. The fourth-order valence-electron chi connectivity index (χ4n) is 3.61. The monoisotopic (exact) mass is 380 g/mol. The van der Waals surface area contributed by atoms with Gasteiger partial charge in [-0.05, 0) is 49.9 Å². The van der Waals surface area contributed by atoms with Crippen molar-refractivity contribution in [1.29, 1.82) is 0 Å². The van der Waals surface area contributed by atoms with Gasteiger partial charge in [-0.2, -0.15) is 4.31 Å². The van der Waals surface area contributed by atoms with Crippen molar-refractivity contribution in [2.75, 3.05) is 20.1 Å². The molecule has 1 aromatic carbocycles. The topological polar surface area (TPSA) is 57.7 Å². The number of hydrogen-bond donors (Lipinski definition) is 0. The van der Waals surface area contributed by atoms with E-state index in [0.717, 1.165) is 51.6 Å². The van der Waals surface area contributed by atoms with Crippen molar-refractivity contribution in [1.82, 2.24) is 9.21 Å². The summed E-state index contributed by atoms with van der Waals surface area (Å²) in [6.07, 6.45) is 7.03. The van der Waals surface area contributed by atoms with Crippen LogP contribution in [-0.2, 0) is 10.0 Å². The smallest absolute Gasteiger partial charge is 0.253 e. The predicted molar refractivity (Wildman–Crippen MR) is 105 cm³/mol. The first kappa shape index (κ1) is 20.9. The molecule has 1 fully saturated rings. The van der Waals surface area contributed by atoms with E-state index in [2.05, 4.69) is 0 Å². The summed E-state index contributed by atoms with van der Waals surface area (Å²) in [7, 11) is -1.84. The Hall–Kier alpha value is -1.40. The zero-order valence-electron chi connectivity index (χ0n) is 16.3. The van der Waals surface area contributed by atoms with E-state index in [-0.39, 0.29) is 16.8 Å². The van der Waals surface area contributed by atoms with Gasteiger partial charge in [0.15, 0.2) is 0 Å². The Morgan fingerprint density at radius 2 is 1.54 bits per heavy atom. The van der Waals surface area contributed by atoms with Gasteiger partial charge in [0.25, 0.3) is 5.91 Å². The van der Waals surface area contributed by atoms with Gasteiger partial charge in [0.2, 0.25) is 10.0 Å². The number of hydrogen-bond acceptors (Lipinski definition) is 3. The lowest BCUT2D eigenvalue weighted by atomic mass is 9.96. The van der Waals surface area contributed by atoms with Crippen molar-refractivity contribution in [3.63, 3.8) is 0 Å². The molecular weight excluding hydrogens is 348 g/mol. The van der Waals surface area contributed by atoms with E-state index in [1.807, 2.05) is 18.7 Å². The van der Waals surface area contributed by atoms with Crippen LogP contribution in [-0.4, -0.2) is 49.7 Å². The number of amides is 1. The van der Waals surface area contributed by atoms with Crippen molar-refractivity contribution < 1.29 is 13.2 Å². The minimum absolute atomic E-state index is 0.0294. The Balaban J connectivity index is 2.15. The third-order valence-electron chi connectivity index (χ3n) is 5.14. The van der Waals surface area contributed by atoms with Gasteiger partial charge in [0.1, 0.15) is 0 Å². The van der Waals surface area contributed by atoms with Crippen molar-refractivity contribution in [2.45, 2.75) is 69.7 Å². The summed E-state index contributed by atoms with van der Waals surface area (Å²) in [6.45, 7) is 5.54.